The van der Waals surface area contributed by atoms with E-state index in [0.717, 1.165) is 30.0 Å². The van der Waals surface area contributed by atoms with Crippen molar-refractivity contribution in [2.75, 3.05) is 11.4 Å². The minimum atomic E-state index is 0.0443. The van der Waals surface area contributed by atoms with Crippen LogP contribution in [0.5, 0.6) is 0 Å². The monoisotopic (exact) mass is 310 g/mol. The summed E-state index contributed by atoms with van der Waals surface area (Å²) in [5, 5.41) is 0. The molecule has 0 fully saturated rings. The smallest absolute Gasteiger partial charge is 0.129 e. The topological polar surface area (TPSA) is 16.1 Å². The molecule has 1 aromatic heterocycles. The summed E-state index contributed by atoms with van der Waals surface area (Å²) in [6.45, 7) is 14.4. The summed E-state index contributed by atoms with van der Waals surface area (Å²) >= 11 is 6.10. The molecule has 0 aliphatic heterocycles. The first-order valence-electron chi connectivity index (χ1n) is 8.17. The van der Waals surface area contributed by atoms with E-state index in [9.17, 15) is 0 Å². The van der Waals surface area contributed by atoms with Gasteiger partial charge in [-0.3, -0.25) is 0 Å². The molecule has 2 nitrogen and oxygen atoms in total. The molecule has 0 aromatic carbocycles. The van der Waals surface area contributed by atoms with E-state index in [1.165, 1.54) is 12.8 Å². The summed E-state index contributed by atoms with van der Waals surface area (Å²) in [7, 11) is 0. The van der Waals surface area contributed by atoms with Gasteiger partial charge < -0.3 is 4.90 Å². The number of nitrogens with zero attached hydrogens (tertiary/aromatic N) is 2. The maximum absolute atomic E-state index is 6.10. The van der Waals surface area contributed by atoms with Gasteiger partial charge in [-0.1, -0.05) is 41.0 Å². The third kappa shape index (κ3) is 5.18. The second-order valence-electron chi connectivity index (χ2n) is 6.91. The number of anilines is 1. The van der Waals surface area contributed by atoms with Crippen LogP contribution >= 0.6 is 11.6 Å². The van der Waals surface area contributed by atoms with E-state index in [1.54, 1.807) is 0 Å². The van der Waals surface area contributed by atoms with Crippen molar-refractivity contribution in [3.63, 3.8) is 0 Å². The second-order valence-corrected chi connectivity index (χ2v) is 7.17. The SMILES string of the molecule is CCCCN(c1cc(CCl)cc(C(C)(C)C)n1)C(C)CC. The van der Waals surface area contributed by atoms with Crippen LogP contribution in [0.25, 0.3) is 0 Å². The molecule has 120 valence electrons. The van der Waals surface area contributed by atoms with Gasteiger partial charge in [-0.2, -0.15) is 0 Å². The molecule has 3 heteroatoms. The summed E-state index contributed by atoms with van der Waals surface area (Å²) in [5.41, 5.74) is 2.33. The molecule has 1 atom stereocenters. The molecule has 0 saturated heterocycles. The second kappa shape index (κ2) is 8.03. The predicted molar refractivity (Wildman–Crippen MR) is 94.5 cm³/mol. The third-order valence-corrected chi connectivity index (χ3v) is 4.27. The lowest BCUT2D eigenvalue weighted by atomic mass is 9.91. The molecule has 0 saturated carbocycles. The van der Waals surface area contributed by atoms with Gasteiger partial charge in [-0.05, 0) is 37.5 Å². The van der Waals surface area contributed by atoms with E-state index in [4.69, 9.17) is 16.6 Å². The molecule has 1 aromatic rings. The Morgan fingerprint density at radius 3 is 2.38 bits per heavy atom. The molecule has 1 heterocycles. The van der Waals surface area contributed by atoms with E-state index in [2.05, 4.69) is 58.6 Å². The van der Waals surface area contributed by atoms with Crippen LogP contribution in [0.1, 0.15) is 72.1 Å². The summed E-state index contributed by atoms with van der Waals surface area (Å²) in [6.07, 6.45) is 3.53. The minimum Gasteiger partial charge on any atom is -0.354 e. The quantitative estimate of drug-likeness (QED) is 0.616. The number of unbranched alkanes of at least 4 members (excludes halogenated alkanes) is 1. The summed E-state index contributed by atoms with van der Waals surface area (Å²) in [5.74, 6) is 1.63. The molecule has 0 bridgehead atoms. The fourth-order valence-electron chi connectivity index (χ4n) is 2.29. The van der Waals surface area contributed by atoms with Gasteiger partial charge in [0.05, 0.1) is 0 Å². The number of rotatable bonds is 7. The highest BCUT2D eigenvalue weighted by molar-refractivity contribution is 6.17. The summed E-state index contributed by atoms with van der Waals surface area (Å²) in [4.78, 5) is 7.38. The Morgan fingerprint density at radius 1 is 1.24 bits per heavy atom. The van der Waals surface area contributed by atoms with Crippen LogP contribution in [0, 0.1) is 0 Å². The Bertz CT molecular complexity index is 437. The average Bonchev–Trinajstić information content (AvgIpc) is 2.46. The molecule has 0 N–H and O–H groups in total. The minimum absolute atomic E-state index is 0.0443. The molecular formula is C18H31ClN2. The van der Waals surface area contributed by atoms with Crippen molar-refractivity contribution >= 4 is 17.4 Å². The van der Waals surface area contributed by atoms with E-state index < -0.39 is 0 Å². The predicted octanol–water partition coefficient (Wildman–Crippen LogP) is 5.52. The first-order chi connectivity index (χ1) is 9.83. The van der Waals surface area contributed by atoms with Crippen molar-refractivity contribution in [3.05, 3.63) is 23.4 Å². The van der Waals surface area contributed by atoms with Gasteiger partial charge in [0.25, 0.3) is 0 Å². The lowest BCUT2D eigenvalue weighted by molar-refractivity contribution is 0.555. The zero-order valence-corrected chi connectivity index (χ0v) is 15.3. The van der Waals surface area contributed by atoms with E-state index in [-0.39, 0.29) is 5.41 Å². The number of pyridine rings is 1. The van der Waals surface area contributed by atoms with Crippen molar-refractivity contribution < 1.29 is 0 Å². The molecule has 0 amide bonds. The van der Waals surface area contributed by atoms with Crippen LogP contribution in [0.4, 0.5) is 5.82 Å². The van der Waals surface area contributed by atoms with Gasteiger partial charge in [-0.25, -0.2) is 4.98 Å². The summed E-state index contributed by atoms with van der Waals surface area (Å²) < 4.78 is 0. The Balaban J connectivity index is 3.22. The number of aromatic nitrogens is 1. The molecule has 1 unspecified atom stereocenters. The van der Waals surface area contributed by atoms with Crippen molar-refractivity contribution in [2.24, 2.45) is 0 Å². The first kappa shape index (κ1) is 18.3. The standard InChI is InChI=1S/C18H31ClN2/c1-7-9-10-21(14(3)8-2)17-12-15(13-19)11-16(20-17)18(4,5)6/h11-12,14H,7-10,13H2,1-6H3. The molecular weight excluding hydrogens is 280 g/mol. The molecule has 21 heavy (non-hydrogen) atoms. The van der Waals surface area contributed by atoms with Gasteiger partial charge >= 0.3 is 0 Å². The van der Waals surface area contributed by atoms with E-state index in [1.807, 2.05) is 0 Å². The average molecular weight is 311 g/mol. The van der Waals surface area contributed by atoms with E-state index in [0.29, 0.717) is 11.9 Å². The zero-order chi connectivity index (χ0) is 16.0. The Labute approximate surface area is 135 Å². The third-order valence-electron chi connectivity index (χ3n) is 3.96. The van der Waals surface area contributed by atoms with Crippen LogP contribution in [0.15, 0.2) is 12.1 Å². The van der Waals surface area contributed by atoms with Crippen LogP contribution in [0.2, 0.25) is 0 Å². The largest absolute Gasteiger partial charge is 0.354 e. The molecule has 0 aliphatic carbocycles. The van der Waals surface area contributed by atoms with Crippen molar-refractivity contribution in [1.82, 2.24) is 4.98 Å². The van der Waals surface area contributed by atoms with Crippen LogP contribution in [0.3, 0.4) is 0 Å². The van der Waals surface area contributed by atoms with E-state index >= 15 is 0 Å². The van der Waals surface area contributed by atoms with Gasteiger partial charge in [0.1, 0.15) is 5.82 Å². The highest BCUT2D eigenvalue weighted by atomic mass is 35.5. The fourth-order valence-corrected chi connectivity index (χ4v) is 2.44. The normalized spacial score (nSPS) is 13.3. The highest BCUT2D eigenvalue weighted by Gasteiger charge is 2.20. The van der Waals surface area contributed by atoms with Gasteiger partial charge in [0.2, 0.25) is 0 Å². The van der Waals surface area contributed by atoms with Crippen LogP contribution in [-0.2, 0) is 11.3 Å². The van der Waals surface area contributed by atoms with Gasteiger partial charge in [0.15, 0.2) is 0 Å². The highest BCUT2D eigenvalue weighted by Crippen LogP contribution is 2.27. The van der Waals surface area contributed by atoms with Crippen molar-refractivity contribution in [3.8, 4) is 0 Å². The van der Waals surface area contributed by atoms with Crippen molar-refractivity contribution in [1.29, 1.82) is 0 Å². The van der Waals surface area contributed by atoms with Gasteiger partial charge in [-0.15, -0.1) is 11.6 Å². The number of alkyl halides is 1. The van der Waals surface area contributed by atoms with Crippen LogP contribution in [-0.4, -0.2) is 17.6 Å². The number of hydrogen-bond acceptors (Lipinski definition) is 2. The Kier molecular flexibility index (Phi) is 6.99. The lowest BCUT2D eigenvalue weighted by Gasteiger charge is -2.31. The maximum atomic E-state index is 6.10. The molecule has 1 rings (SSSR count). The Hall–Kier alpha value is -0.760. The molecule has 0 spiro atoms. The first-order valence-corrected chi connectivity index (χ1v) is 8.71. The number of halogens is 1. The fraction of sp³-hybridized carbons (Fsp3) is 0.722. The number of hydrogen-bond donors (Lipinski definition) is 0. The van der Waals surface area contributed by atoms with Crippen molar-refractivity contribution in [2.45, 2.75) is 78.1 Å². The Morgan fingerprint density at radius 2 is 1.90 bits per heavy atom. The maximum Gasteiger partial charge on any atom is 0.129 e. The van der Waals surface area contributed by atoms with Crippen LogP contribution < -0.4 is 4.90 Å². The molecule has 0 aliphatic rings. The lowest BCUT2D eigenvalue weighted by Crippen LogP contribution is -2.35. The molecule has 0 radical (unpaired) electrons. The van der Waals surface area contributed by atoms with Gasteiger partial charge in [0, 0.05) is 29.6 Å². The zero-order valence-electron chi connectivity index (χ0n) is 14.5. The summed E-state index contributed by atoms with van der Waals surface area (Å²) in [6, 6.07) is 4.80.